The van der Waals surface area contributed by atoms with Gasteiger partial charge in [-0.25, -0.2) is 0 Å². The third-order valence-electron chi connectivity index (χ3n) is 3.94. The Morgan fingerprint density at radius 1 is 1.40 bits per heavy atom. The smallest absolute Gasteiger partial charge is 0.306 e. The van der Waals surface area contributed by atoms with E-state index < -0.39 is 11.6 Å². The highest BCUT2D eigenvalue weighted by Crippen LogP contribution is 2.31. The SMILES string of the molecule is O=C(O)C1CCC(O)(CNCc2cccc(Cl)c2)CC1. The number of carbonyl (C=O) groups is 1. The van der Waals surface area contributed by atoms with Crippen molar-refractivity contribution in [2.45, 2.75) is 37.8 Å². The van der Waals surface area contributed by atoms with Crippen LogP contribution in [0.5, 0.6) is 0 Å². The molecule has 1 saturated carbocycles. The first kappa shape index (κ1) is 15.3. The van der Waals surface area contributed by atoms with Gasteiger partial charge in [0.05, 0.1) is 11.5 Å². The van der Waals surface area contributed by atoms with E-state index in [1.165, 1.54) is 0 Å². The fourth-order valence-corrected chi connectivity index (χ4v) is 2.88. The maximum Gasteiger partial charge on any atom is 0.306 e. The van der Waals surface area contributed by atoms with Gasteiger partial charge in [0.25, 0.3) is 0 Å². The van der Waals surface area contributed by atoms with Gasteiger partial charge in [0.1, 0.15) is 0 Å². The number of hydrogen-bond donors (Lipinski definition) is 3. The Labute approximate surface area is 123 Å². The van der Waals surface area contributed by atoms with E-state index in [-0.39, 0.29) is 5.92 Å². The number of halogens is 1. The molecule has 2 rings (SSSR count). The van der Waals surface area contributed by atoms with Crippen molar-refractivity contribution < 1.29 is 15.0 Å². The summed E-state index contributed by atoms with van der Waals surface area (Å²) in [6.07, 6.45) is 2.16. The van der Waals surface area contributed by atoms with Crippen LogP contribution in [0.1, 0.15) is 31.2 Å². The van der Waals surface area contributed by atoms with E-state index in [9.17, 15) is 9.90 Å². The molecule has 3 N–H and O–H groups in total. The van der Waals surface area contributed by atoms with Gasteiger partial charge >= 0.3 is 5.97 Å². The summed E-state index contributed by atoms with van der Waals surface area (Å²) in [7, 11) is 0. The van der Waals surface area contributed by atoms with Crippen LogP contribution in [0.25, 0.3) is 0 Å². The molecule has 5 heteroatoms. The summed E-state index contributed by atoms with van der Waals surface area (Å²) >= 11 is 5.91. The first-order valence-corrected chi connectivity index (χ1v) is 7.27. The number of rotatable bonds is 5. The first-order chi connectivity index (χ1) is 9.48. The van der Waals surface area contributed by atoms with Crippen molar-refractivity contribution in [3.8, 4) is 0 Å². The normalized spacial score (nSPS) is 26.4. The van der Waals surface area contributed by atoms with Crippen LogP contribution in [-0.4, -0.2) is 28.3 Å². The number of carboxylic acids is 1. The lowest BCUT2D eigenvalue weighted by atomic mass is 9.79. The van der Waals surface area contributed by atoms with Crippen LogP contribution in [0, 0.1) is 5.92 Å². The molecule has 0 amide bonds. The second-order valence-corrected chi connectivity index (χ2v) is 6.01. The molecule has 0 heterocycles. The molecule has 0 saturated heterocycles. The topological polar surface area (TPSA) is 69.6 Å². The molecule has 20 heavy (non-hydrogen) atoms. The largest absolute Gasteiger partial charge is 0.481 e. The van der Waals surface area contributed by atoms with Crippen LogP contribution in [-0.2, 0) is 11.3 Å². The molecule has 110 valence electrons. The zero-order chi connectivity index (χ0) is 14.6. The van der Waals surface area contributed by atoms with Gasteiger partial charge in [-0.3, -0.25) is 4.79 Å². The summed E-state index contributed by atoms with van der Waals surface area (Å²) in [4.78, 5) is 10.9. The van der Waals surface area contributed by atoms with E-state index >= 15 is 0 Å². The molecule has 0 aliphatic heterocycles. The molecule has 1 aromatic carbocycles. The van der Waals surface area contributed by atoms with Gasteiger partial charge in [-0.15, -0.1) is 0 Å². The molecule has 1 aromatic rings. The summed E-state index contributed by atoms with van der Waals surface area (Å²) in [6, 6.07) is 7.59. The molecule has 0 radical (unpaired) electrons. The maximum atomic E-state index is 10.9. The average molecular weight is 298 g/mol. The molecule has 1 aliphatic rings. The zero-order valence-electron chi connectivity index (χ0n) is 11.3. The highest BCUT2D eigenvalue weighted by Gasteiger charge is 2.35. The number of carboxylic acid groups (broad SMARTS) is 1. The predicted molar refractivity (Wildman–Crippen MR) is 77.7 cm³/mol. The summed E-state index contributed by atoms with van der Waals surface area (Å²) in [5, 5.41) is 23.3. The molecule has 1 aliphatic carbocycles. The molecular formula is C15H20ClNO3. The molecule has 0 spiro atoms. The fourth-order valence-electron chi connectivity index (χ4n) is 2.67. The van der Waals surface area contributed by atoms with E-state index in [2.05, 4.69) is 5.32 Å². The van der Waals surface area contributed by atoms with Gasteiger partial charge in [0, 0.05) is 18.1 Å². The molecule has 0 atom stereocenters. The predicted octanol–water partition coefficient (Wildman–Crippen LogP) is 2.44. The Morgan fingerprint density at radius 3 is 2.70 bits per heavy atom. The lowest BCUT2D eigenvalue weighted by Crippen LogP contribution is -2.44. The highest BCUT2D eigenvalue weighted by atomic mass is 35.5. The van der Waals surface area contributed by atoms with E-state index in [1.54, 1.807) is 0 Å². The van der Waals surface area contributed by atoms with E-state index in [4.69, 9.17) is 16.7 Å². The summed E-state index contributed by atoms with van der Waals surface area (Å²) in [5.74, 6) is -1.05. The van der Waals surface area contributed by atoms with Crippen LogP contribution in [0.4, 0.5) is 0 Å². The number of nitrogens with one attached hydrogen (secondary N) is 1. The Morgan fingerprint density at radius 2 is 2.10 bits per heavy atom. The van der Waals surface area contributed by atoms with Crippen LogP contribution < -0.4 is 5.32 Å². The number of benzene rings is 1. The number of aliphatic hydroxyl groups is 1. The molecule has 4 nitrogen and oxygen atoms in total. The van der Waals surface area contributed by atoms with Crippen molar-refractivity contribution in [1.29, 1.82) is 0 Å². The van der Waals surface area contributed by atoms with Crippen molar-refractivity contribution in [2.75, 3.05) is 6.54 Å². The first-order valence-electron chi connectivity index (χ1n) is 6.89. The lowest BCUT2D eigenvalue weighted by Gasteiger charge is -2.34. The summed E-state index contributed by atoms with van der Waals surface area (Å²) < 4.78 is 0. The zero-order valence-corrected chi connectivity index (χ0v) is 12.1. The second-order valence-electron chi connectivity index (χ2n) is 5.57. The van der Waals surface area contributed by atoms with Crippen molar-refractivity contribution >= 4 is 17.6 Å². The van der Waals surface area contributed by atoms with Crippen molar-refractivity contribution in [3.63, 3.8) is 0 Å². The molecule has 0 bridgehead atoms. The lowest BCUT2D eigenvalue weighted by molar-refractivity contribution is -0.144. The molecular weight excluding hydrogens is 278 g/mol. The third kappa shape index (κ3) is 4.20. The van der Waals surface area contributed by atoms with Crippen LogP contribution in [0.2, 0.25) is 5.02 Å². The van der Waals surface area contributed by atoms with Crippen LogP contribution in [0.15, 0.2) is 24.3 Å². The minimum absolute atomic E-state index is 0.303. The molecule has 0 aromatic heterocycles. The van der Waals surface area contributed by atoms with E-state index in [0.717, 1.165) is 5.56 Å². The van der Waals surface area contributed by atoms with Gasteiger partial charge in [-0.1, -0.05) is 23.7 Å². The average Bonchev–Trinajstić information content (AvgIpc) is 2.39. The second kappa shape index (κ2) is 6.57. The van der Waals surface area contributed by atoms with Crippen LogP contribution >= 0.6 is 11.6 Å². The Balaban J connectivity index is 1.78. The minimum atomic E-state index is -0.787. The third-order valence-corrected chi connectivity index (χ3v) is 4.17. The summed E-state index contributed by atoms with van der Waals surface area (Å²) in [5.41, 5.74) is 0.283. The number of hydrogen-bond acceptors (Lipinski definition) is 3. The van der Waals surface area contributed by atoms with E-state index in [1.807, 2.05) is 24.3 Å². The van der Waals surface area contributed by atoms with Gasteiger partial charge < -0.3 is 15.5 Å². The van der Waals surface area contributed by atoms with Gasteiger partial charge in [0.15, 0.2) is 0 Å². The standard InChI is InChI=1S/C15H20ClNO3/c16-13-3-1-2-11(8-13)9-17-10-15(20)6-4-12(5-7-15)14(18)19/h1-3,8,12,17,20H,4-7,9-10H2,(H,18,19). The van der Waals surface area contributed by atoms with Crippen molar-refractivity contribution in [1.82, 2.24) is 5.32 Å². The van der Waals surface area contributed by atoms with Crippen LogP contribution in [0.3, 0.4) is 0 Å². The van der Waals surface area contributed by atoms with E-state index in [0.29, 0.717) is 43.8 Å². The Bertz CT molecular complexity index is 470. The Hall–Kier alpha value is -1.10. The van der Waals surface area contributed by atoms with Crippen molar-refractivity contribution in [3.05, 3.63) is 34.9 Å². The van der Waals surface area contributed by atoms with Gasteiger partial charge in [-0.2, -0.15) is 0 Å². The molecule has 1 fully saturated rings. The Kier molecular flexibility index (Phi) is 5.02. The molecule has 0 unspecified atom stereocenters. The van der Waals surface area contributed by atoms with Gasteiger partial charge in [0.2, 0.25) is 0 Å². The number of aliphatic carboxylic acids is 1. The monoisotopic (exact) mass is 297 g/mol. The highest BCUT2D eigenvalue weighted by molar-refractivity contribution is 6.30. The minimum Gasteiger partial charge on any atom is -0.481 e. The maximum absolute atomic E-state index is 10.9. The summed E-state index contributed by atoms with van der Waals surface area (Å²) in [6.45, 7) is 1.12. The van der Waals surface area contributed by atoms with Gasteiger partial charge in [-0.05, 0) is 43.4 Å². The van der Waals surface area contributed by atoms with Crippen molar-refractivity contribution in [2.24, 2.45) is 5.92 Å². The quantitative estimate of drug-likeness (QED) is 0.781. The fraction of sp³-hybridized carbons (Fsp3) is 0.533.